The first-order valence-electron chi connectivity index (χ1n) is 9.44. The summed E-state index contributed by atoms with van der Waals surface area (Å²) >= 11 is 0. The second-order valence-corrected chi connectivity index (χ2v) is 7.72. The fraction of sp³-hybridized carbons (Fsp3) is 0.381. The van der Waals surface area contributed by atoms with Gasteiger partial charge in [0.05, 0.1) is 23.3 Å². The first-order valence-corrected chi connectivity index (χ1v) is 9.44. The standard InChI is InChI=1S/C21H22F2N4O2/c1-14-9-15(3-4-18(14)29-12-20(2,22)23)10-27-11-16-17(26-27)5-8-24-19(16)21(6-7-21)25-13-28/h3-5,8-9,11,13H,6-7,10,12H2,1-2H3,(H,25,28). The molecule has 8 heteroatoms. The van der Waals surface area contributed by atoms with Crippen molar-refractivity contribution in [3.63, 3.8) is 0 Å². The first kappa shape index (κ1) is 19.3. The molecule has 0 atom stereocenters. The maximum Gasteiger partial charge on any atom is 0.278 e. The van der Waals surface area contributed by atoms with Gasteiger partial charge in [0.1, 0.15) is 5.75 Å². The molecule has 0 bridgehead atoms. The van der Waals surface area contributed by atoms with Crippen molar-refractivity contribution in [2.45, 2.75) is 44.7 Å². The molecule has 2 heterocycles. The summed E-state index contributed by atoms with van der Waals surface area (Å²) < 4.78 is 33.1. The molecule has 1 saturated carbocycles. The Morgan fingerprint density at radius 1 is 1.34 bits per heavy atom. The molecule has 29 heavy (non-hydrogen) atoms. The van der Waals surface area contributed by atoms with E-state index in [0.29, 0.717) is 12.3 Å². The first-order chi connectivity index (χ1) is 13.8. The average molecular weight is 400 g/mol. The lowest BCUT2D eigenvalue weighted by atomic mass is 10.1. The number of rotatable bonds is 8. The van der Waals surface area contributed by atoms with Crippen LogP contribution in [-0.4, -0.2) is 33.7 Å². The smallest absolute Gasteiger partial charge is 0.278 e. The molecule has 1 aliphatic rings. The molecule has 1 N–H and O–H groups in total. The second-order valence-electron chi connectivity index (χ2n) is 7.72. The number of fused-ring (bicyclic) bond motifs is 1. The Hall–Kier alpha value is -3.03. The molecule has 1 aromatic carbocycles. The molecule has 3 aromatic rings. The van der Waals surface area contributed by atoms with Crippen molar-refractivity contribution < 1.29 is 18.3 Å². The van der Waals surface area contributed by atoms with Gasteiger partial charge in [0.15, 0.2) is 6.61 Å². The summed E-state index contributed by atoms with van der Waals surface area (Å²) in [4.78, 5) is 15.5. The summed E-state index contributed by atoms with van der Waals surface area (Å²) in [5.74, 6) is -2.42. The normalized spacial score (nSPS) is 15.3. The molecular weight excluding hydrogens is 378 g/mol. The number of amides is 1. The Labute approximate surface area is 166 Å². The Morgan fingerprint density at radius 3 is 2.79 bits per heavy atom. The molecule has 2 aromatic heterocycles. The number of hydrogen-bond donors (Lipinski definition) is 1. The van der Waals surface area contributed by atoms with Crippen LogP contribution in [-0.2, 0) is 16.9 Å². The van der Waals surface area contributed by atoms with Gasteiger partial charge in [-0.25, -0.2) is 8.78 Å². The van der Waals surface area contributed by atoms with E-state index in [2.05, 4.69) is 15.4 Å². The third-order valence-electron chi connectivity index (χ3n) is 5.08. The molecule has 0 radical (unpaired) electrons. The van der Waals surface area contributed by atoms with Crippen LogP contribution in [0.25, 0.3) is 10.9 Å². The van der Waals surface area contributed by atoms with E-state index in [9.17, 15) is 13.6 Å². The van der Waals surface area contributed by atoms with Crippen molar-refractivity contribution in [2.24, 2.45) is 0 Å². The highest BCUT2D eigenvalue weighted by Gasteiger charge is 2.46. The topological polar surface area (TPSA) is 69.0 Å². The molecule has 1 aliphatic carbocycles. The van der Waals surface area contributed by atoms with Gasteiger partial charge < -0.3 is 10.1 Å². The summed E-state index contributed by atoms with van der Waals surface area (Å²) in [5, 5.41) is 8.43. The van der Waals surface area contributed by atoms with Crippen LogP contribution < -0.4 is 10.1 Å². The zero-order chi connectivity index (χ0) is 20.6. The van der Waals surface area contributed by atoms with Gasteiger partial charge in [-0.15, -0.1) is 0 Å². The number of halogens is 2. The number of benzene rings is 1. The van der Waals surface area contributed by atoms with Crippen LogP contribution in [0.4, 0.5) is 8.78 Å². The highest BCUT2D eigenvalue weighted by molar-refractivity contribution is 5.82. The zero-order valence-electron chi connectivity index (χ0n) is 16.3. The molecular formula is C21H22F2N4O2. The molecule has 4 rings (SSSR count). The number of aromatic nitrogens is 3. The number of hydrogen-bond acceptors (Lipinski definition) is 4. The Bertz CT molecular complexity index is 1050. The van der Waals surface area contributed by atoms with E-state index >= 15 is 0 Å². The molecule has 0 aliphatic heterocycles. The minimum absolute atomic E-state index is 0.383. The summed E-state index contributed by atoms with van der Waals surface area (Å²) in [6.07, 6.45) is 6.09. The van der Waals surface area contributed by atoms with Gasteiger partial charge in [0.25, 0.3) is 5.92 Å². The van der Waals surface area contributed by atoms with Gasteiger partial charge >= 0.3 is 0 Å². The van der Waals surface area contributed by atoms with Gasteiger partial charge in [-0.2, -0.15) is 5.10 Å². The number of carbonyl (C=O) groups excluding carboxylic acids is 1. The highest BCUT2D eigenvalue weighted by atomic mass is 19.3. The van der Waals surface area contributed by atoms with Crippen molar-refractivity contribution in [3.8, 4) is 5.75 Å². The molecule has 152 valence electrons. The number of pyridine rings is 1. The monoisotopic (exact) mass is 400 g/mol. The predicted molar refractivity (Wildman–Crippen MR) is 104 cm³/mol. The van der Waals surface area contributed by atoms with Crippen molar-refractivity contribution in [1.82, 2.24) is 20.1 Å². The highest BCUT2D eigenvalue weighted by Crippen LogP contribution is 2.46. The zero-order valence-corrected chi connectivity index (χ0v) is 16.3. The van der Waals surface area contributed by atoms with E-state index in [0.717, 1.165) is 53.9 Å². The van der Waals surface area contributed by atoms with Crippen molar-refractivity contribution in [2.75, 3.05) is 6.61 Å². The van der Waals surface area contributed by atoms with Crippen LogP contribution in [0.5, 0.6) is 5.75 Å². The Kier molecular flexibility index (Phi) is 4.72. The quantitative estimate of drug-likeness (QED) is 0.587. The molecule has 0 spiro atoms. The van der Waals surface area contributed by atoms with E-state index in [1.165, 1.54) is 0 Å². The number of nitrogens with zero attached hydrogens (tertiary/aromatic N) is 3. The van der Waals surface area contributed by atoms with Gasteiger partial charge in [-0.3, -0.25) is 14.5 Å². The average Bonchev–Trinajstić information content (AvgIpc) is 3.31. The van der Waals surface area contributed by atoms with Gasteiger partial charge in [0.2, 0.25) is 6.41 Å². The van der Waals surface area contributed by atoms with Crippen LogP contribution in [0.3, 0.4) is 0 Å². The van der Waals surface area contributed by atoms with Gasteiger partial charge in [-0.05, 0) is 43.0 Å². The lowest BCUT2D eigenvalue weighted by Gasteiger charge is -2.14. The third kappa shape index (κ3) is 4.06. The summed E-state index contributed by atoms with van der Waals surface area (Å²) in [6, 6.07) is 7.31. The van der Waals surface area contributed by atoms with Crippen LogP contribution in [0.2, 0.25) is 0 Å². The molecule has 1 amide bonds. The maximum atomic E-state index is 13.0. The van der Waals surface area contributed by atoms with E-state index in [-0.39, 0.29) is 5.54 Å². The molecule has 6 nitrogen and oxygen atoms in total. The van der Waals surface area contributed by atoms with E-state index < -0.39 is 12.5 Å². The summed E-state index contributed by atoms with van der Waals surface area (Å²) in [5.41, 5.74) is 3.04. The van der Waals surface area contributed by atoms with Crippen molar-refractivity contribution in [1.29, 1.82) is 0 Å². The lowest BCUT2D eigenvalue weighted by Crippen LogP contribution is -2.28. The van der Waals surface area contributed by atoms with Crippen molar-refractivity contribution >= 4 is 17.3 Å². The molecule has 1 fully saturated rings. The minimum atomic E-state index is -2.87. The van der Waals surface area contributed by atoms with Crippen LogP contribution in [0.15, 0.2) is 36.7 Å². The van der Waals surface area contributed by atoms with E-state index in [4.69, 9.17) is 4.74 Å². The predicted octanol–water partition coefficient (Wildman–Crippen LogP) is 3.56. The van der Waals surface area contributed by atoms with Crippen molar-refractivity contribution in [3.05, 3.63) is 53.5 Å². The van der Waals surface area contributed by atoms with E-state index in [1.807, 2.05) is 36.0 Å². The van der Waals surface area contributed by atoms with Gasteiger partial charge in [-0.1, -0.05) is 12.1 Å². The molecule has 0 unspecified atom stereocenters. The largest absolute Gasteiger partial charge is 0.487 e. The van der Waals surface area contributed by atoms with E-state index in [1.54, 1.807) is 12.3 Å². The summed E-state index contributed by atoms with van der Waals surface area (Å²) in [6.45, 7) is 2.53. The van der Waals surface area contributed by atoms with Gasteiger partial charge in [0, 0.05) is 24.7 Å². The third-order valence-corrected chi connectivity index (χ3v) is 5.08. The number of nitrogens with one attached hydrogen (secondary N) is 1. The van der Waals surface area contributed by atoms with Crippen LogP contribution >= 0.6 is 0 Å². The maximum absolute atomic E-state index is 13.0. The number of ether oxygens (including phenoxy) is 1. The fourth-order valence-corrected chi connectivity index (χ4v) is 3.51. The number of aryl methyl sites for hydroxylation is 1. The fourth-order valence-electron chi connectivity index (χ4n) is 3.51. The SMILES string of the molecule is Cc1cc(Cn2cc3c(C4(NC=O)CC4)nccc3n2)ccc1OCC(C)(F)F. The Balaban J connectivity index is 1.56. The minimum Gasteiger partial charge on any atom is -0.487 e. The second kappa shape index (κ2) is 7.09. The van der Waals surface area contributed by atoms with Crippen LogP contribution in [0.1, 0.15) is 36.6 Å². The lowest BCUT2D eigenvalue weighted by molar-refractivity contribution is -0.110. The number of alkyl halides is 2. The van der Waals surface area contributed by atoms with Crippen LogP contribution in [0, 0.1) is 6.92 Å². The Morgan fingerprint density at radius 2 is 2.14 bits per heavy atom. The summed E-state index contributed by atoms with van der Waals surface area (Å²) in [7, 11) is 0. The molecule has 0 saturated heterocycles. The number of carbonyl (C=O) groups is 1.